The first kappa shape index (κ1) is 19.8. The molecule has 1 unspecified atom stereocenters. The Kier molecular flexibility index (Phi) is 5.56. The van der Waals surface area contributed by atoms with Crippen LogP contribution in [-0.4, -0.2) is 41.3 Å². The van der Waals surface area contributed by atoms with Gasteiger partial charge < -0.3 is 24.6 Å². The molecule has 2 aromatic rings. The van der Waals surface area contributed by atoms with Crippen molar-refractivity contribution >= 4 is 35.2 Å². The highest BCUT2D eigenvalue weighted by atomic mass is 35.5. The van der Waals surface area contributed by atoms with Crippen molar-refractivity contribution in [2.45, 2.75) is 25.6 Å². The summed E-state index contributed by atoms with van der Waals surface area (Å²) in [5.41, 5.74) is 5.11. The summed E-state index contributed by atoms with van der Waals surface area (Å²) in [4.78, 5) is 25.0. The van der Waals surface area contributed by atoms with E-state index in [2.05, 4.69) is 5.16 Å². The monoisotopic (exact) mass is 439 g/mol. The van der Waals surface area contributed by atoms with Gasteiger partial charge in [0.2, 0.25) is 0 Å². The molecule has 0 radical (unpaired) electrons. The number of rotatable bonds is 5. The SMILES string of the molecule is NC(=O)c1cc(COC(=O)N2C[C@H]3CC(Oc4ccc(Cl)cc4Cl)C[C@H]3C2)on1. The molecule has 1 saturated carbocycles. The molecule has 2 amide bonds. The molecule has 10 heteroatoms. The zero-order valence-electron chi connectivity index (χ0n) is 15.3. The summed E-state index contributed by atoms with van der Waals surface area (Å²) >= 11 is 12.1. The maximum Gasteiger partial charge on any atom is 0.410 e. The fourth-order valence-electron chi connectivity index (χ4n) is 3.96. The zero-order chi connectivity index (χ0) is 20.5. The first-order chi connectivity index (χ1) is 13.9. The van der Waals surface area contributed by atoms with Gasteiger partial charge in [0.25, 0.3) is 5.91 Å². The lowest BCUT2D eigenvalue weighted by atomic mass is 10.0. The largest absolute Gasteiger partial charge is 0.489 e. The third-order valence-corrected chi connectivity index (χ3v) is 5.83. The number of halogens is 2. The Morgan fingerprint density at radius 1 is 1.21 bits per heavy atom. The van der Waals surface area contributed by atoms with Crippen molar-refractivity contribution in [2.75, 3.05) is 13.1 Å². The van der Waals surface area contributed by atoms with Crippen molar-refractivity contribution in [1.29, 1.82) is 0 Å². The topological polar surface area (TPSA) is 108 Å². The van der Waals surface area contributed by atoms with Gasteiger partial charge in [0.05, 0.1) is 11.1 Å². The van der Waals surface area contributed by atoms with Gasteiger partial charge in [-0.05, 0) is 42.9 Å². The first-order valence-electron chi connectivity index (χ1n) is 9.18. The Balaban J connectivity index is 1.26. The molecule has 0 spiro atoms. The number of amides is 2. The van der Waals surface area contributed by atoms with Crippen LogP contribution in [-0.2, 0) is 11.3 Å². The van der Waals surface area contributed by atoms with Crippen LogP contribution in [0.2, 0.25) is 10.0 Å². The lowest BCUT2D eigenvalue weighted by Gasteiger charge is -2.20. The van der Waals surface area contributed by atoms with Crippen LogP contribution in [0.15, 0.2) is 28.8 Å². The van der Waals surface area contributed by atoms with Gasteiger partial charge in [0.1, 0.15) is 5.75 Å². The number of hydrogen-bond acceptors (Lipinski definition) is 6. The van der Waals surface area contributed by atoms with Crippen molar-refractivity contribution in [3.63, 3.8) is 0 Å². The predicted octanol–water partition coefficient (Wildman–Crippen LogP) is 3.51. The number of aromatic nitrogens is 1. The van der Waals surface area contributed by atoms with Crippen LogP contribution in [0.5, 0.6) is 5.75 Å². The summed E-state index contributed by atoms with van der Waals surface area (Å²) in [5.74, 6) is 0.894. The third-order valence-electron chi connectivity index (χ3n) is 5.30. The van der Waals surface area contributed by atoms with Crippen LogP contribution in [0.4, 0.5) is 4.79 Å². The number of carbonyl (C=O) groups is 2. The smallest absolute Gasteiger partial charge is 0.410 e. The fourth-order valence-corrected chi connectivity index (χ4v) is 4.41. The Hall–Kier alpha value is -2.45. The Labute approximate surface area is 176 Å². The van der Waals surface area contributed by atoms with E-state index in [0.717, 1.165) is 12.8 Å². The number of fused-ring (bicyclic) bond motifs is 1. The molecule has 1 aliphatic carbocycles. The molecular formula is C19H19Cl2N3O5. The average molecular weight is 440 g/mol. The van der Waals surface area contributed by atoms with Crippen molar-refractivity contribution in [3.8, 4) is 5.75 Å². The molecule has 2 aliphatic rings. The van der Waals surface area contributed by atoms with E-state index in [1.54, 1.807) is 23.1 Å². The Morgan fingerprint density at radius 3 is 2.55 bits per heavy atom. The van der Waals surface area contributed by atoms with E-state index in [-0.39, 0.29) is 24.2 Å². The standard InChI is InChI=1S/C19H19Cl2N3O5/c20-12-1-2-17(15(21)5-12)28-13-3-10-7-24(8-11(10)4-13)19(26)27-9-14-6-16(18(22)25)23-29-14/h1-2,5-6,10-11,13H,3-4,7-9H2,(H2,22,25)/t10-,11+,13?. The Bertz CT molecular complexity index is 920. The van der Waals surface area contributed by atoms with Crippen molar-refractivity contribution in [1.82, 2.24) is 10.1 Å². The lowest BCUT2D eigenvalue weighted by molar-refractivity contribution is 0.0899. The second-order valence-electron chi connectivity index (χ2n) is 7.31. The number of hydrogen-bond donors (Lipinski definition) is 1. The van der Waals surface area contributed by atoms with Crippen LogP contribution in [0.1, 0.15) is 29.1 Å². The molecule has 8 nitrogen and oxygen atoms in total. The van der Waals surface area contributed by atoms with Crippen LogP contribution < -0.4 is 10.5 Å². The molecule has 0 bridgehead atoms. The molecule has 154 valence electrons. The maximum absolute atomic E-state index is 12.3. The lowest BCUT2D eigenvalue weighted by Crippen LogP contribution is -2.31. The van der Waals surface area contributed by atoms with Gasteiger partial charge in [0, 0.05) is 24.2 Å². The summed E-state index contributed by atoms with van der Waals surface area (Å²) < 4.78 is 16.2. The van der Waals surface area contributed by atoms with Crippen molar-refractivity contribution in [2.24, 2.45) is 17.6 Å². The van der Waals surface area contributed by atoms with Crippen LogP contribution in [0.3, 0.4) is 0 Å². The van der Waals surface area contributed by atoms with Crippen molar-refractivity contribution in [3.05, 3.63) is 45.8 Å². The minimum absolute atomic E-state index is 0.00131. The van der Waals surface area contributed by atoms with Crippen LogP contribution in [0, 0.1) is 11.8 Å². The highest BCUT2D eigenvalue weighted by molar-refractivity contribution is 6.35. The number of primary amides is 1. The highest BCUT2D eigenvalue weighted by Crippen LogP contribution is 2.41. The fraction of sp³-hybridized carbons (Fsp3) is 0.421. The number of nitrogens with zero attached hydrogens (tertiary/aromatic N) is 2. The number of carbonyl (C=O) groups excluding carboxylic acids is 2. The molecule has 1 saturated heterocycles. The van der Waals surface area contributed by atoms with E-state index in [1.165, 1.54) is 6.07 Å². The minimum Gasteiger partial charge on any atom is -0.489 e. The highest BCUT2D eigenvalue weighted by Gasteiger charge is 2.43. The maximum atomic E-state index is 12.3. The summed E-state index contributed by atoms with van der Waals surface area (Å²) in [6, 6.07) is 6.54. The molecular weight excluding hydrogens is 421 g/mol. The second kappa shape index (κ2) is 8.12. The first-order valence-corrected chi connectivity index (χ1v) is 9.93. The molecule has 2 heterocycles. The molecule has 2 N–H and O–H groups in total. The van der Waals surface area contributed by atoms with Crippen molar-refractivity contribution < 1.29 is 23.6 Å². The van der Waals surface area contributed by atoms with Crippen LogP contribution in [0.25, 0.3) is 0 Å². The quantitative estimate of drug-likeness (QED) is 0.763. The summed E-state index contributed by atoms with van der Waals surface area (Å²) in [7, 11) is 0. The van der Waals surface area contributed by atoms with E-state index >= 15 is 0 Å². The van der Waals surface area contributed by atoms with E-state index in [0.29, 0.717) is 40.7 Å². The molecule has 29 heavy (non-hydrogen) atoms. The van der Waals surface area contributed by atoms with Gasteiger partial charge >= 0.3 is 6.09 Å². The summed E-state index contributed by atoms with van der Waals surface area (Å²) in [6.45, 7) is 1.12. The van der Waals surface area contributed by atoms with Gasteiger partial charge in [-0.15, -0.1) is 0 Å². The number of benzene rings is 1. The number of ether oxygens (including phenoxy) is 2. The molecule has 3 atom stereocenters. The van der Waals surface area contributed by atoms with E-state index in [4.69, 9.17) is 42.9 Å². The molecule has 1 aromatic heterocycles. The van der Waals surface area contributed by atoms with E-state index < -0.39 is 12.0 Å². The molecule has 2 fully saturated rings. The van der Waals surface area contributed by atoms with Gasteiger partial charge in [-0.1, -0.05) is 28.4 Å². The average Bonchev–Trinajstić information content (AvgIpc) is 3.36. The number of likely N-dealkylation sites (tertiary alicyclic amines) is 1. The summed E-state index contributed by atoms with van der Waals surface area (Å²) in [5, 5.41) is 4.56. The van der Waals surface area contributed by atoms with E-state index in [1.807, 2.05) is 0 Å². The predicted molar refractivity (Wildman–Crippen MR) is 104 cm³/mol. The number of nitrogens with two attached hydrogens (primary N) is 1. The normalized spacial score (nSPS) is 23.1. The van der Waals surface area contributed by atoms with Crippen LogP contribution >= 0.6 is 23.2 Å². The molecule has 1 aliphatic heterocycles. The zero-order valence-corrected chi connectivity index (χ0v) is 16.9. The van der Waals surface area contributed by atoms with Gasteiger partial charge in [0.15, 0.2) is 18.1 Å². The molecule has 4 rings (SSSR count). The second-order valence-corrected chi connectivity index (χ2v) is 8.15. The third kappa shape index (κ3) is 4.43. The van der Waals surface area contributed by atoms with Gasteiger partial charge in [-0.3, -0.25) is 4.79 Å². The van der Waals surface area contributed by atoms with Gasteiger partial charge in [-0.25, -0.2) is 4.79 Å². The minimum atomic E-state index is -0.699. The van der Waals surface area contributed by atoms with Gasteiger partial charge in [-0.2, -0.15) is 0 Å². The Morgan fingerprint density at radius 2 is 1.93 bits per heavy atom. The van der Waals surface area contributed by atoms with E-state index in [9.17, 15) is 9.59 Å². The molecule has 1 aromatic carbocycles. The summed E-state index contributed by atoms with van der Waals surface area (Å²) in [6.07, 6.45) is 1.33.